The van der Waals surface area contributed by atoms with Crippen molar-refractivity contribution in [1.82, 2.24) is 15.0 Å². The summed E-state index contributed by atoms with van der Waals surface area (Å²) in [5.74, 6) is 2.53. The van der Waals surface area contributed by atoms with E-state index in [1.807, 2.05) is 30.9 Å². The Morgan fingerprint density at radius 2 is 2.08 bits per heavy atom. The van der Waals surface area contributed by atoms with Crippen molar-refractivity contribution in [3.63, 3.8) is 0 Å². The van der Waals surface area contributed by atoms with Gasteiger partial charge in [0.15, 0.2) is 0 Å². The zero-order chi connectivity index (χ0) is 16.7. The monoisotopic (exact) mass is 329 g/mol. The summed E-state index contributed by atoms with van der Waals surface area (Å²) in [7, 11) is 0. The molecule has 1 aliphatic carbocycles. The number of nitrogens with zero attached hydrogens (tertiary/aromatic N) is 3. The van der Waals surface area contributed by atoms with Crippen LogP contribution in [0.4, 0.5) is 0 Å². The normalized spacial score (nSPS) is 24.3. The minimum atomic E-state index is 0.116. The van der Waals surface area contributed by atoms with Gasteiger partial charge < -0.3 is 13.8 Å². The number of carbonyl (C=O) groups is 1. The third-order valence-electron chi connectivity index (χ3n) is 5.26. The van der Waals surface area contributed by atoms with Gasteiger partial charge in [0.2, 0.25) is 5.91 Å². The maximum absolute atomic E-state index is 12.6. The molecule has 6 nitrogen and oxygen atoms in total. The van der Waals surface area contributed by atoms with Gasteiger partial charge in [0.25, 0.3) is 0 Å². The molecule has 0 radical (unpaired) electrons. The summed E-state index contributed by atoms with van der Waals surface area (Å²) in [5, 5.41) is 4.01. The molecule has 2 aromatic heterocycles. The Hall–Kier alpha value is -2.08. The molecular weight excluding hydrogens is 306 g/mol. The second-order valence-corrected chi connectivity index (χ2v) is 6.87. The van der Waals surface area contributed by atoms with Crippen LogP contribution in [0.2, 0.25) is 0 Å². The molecule has 1 saturated heterocycles. The minimum absolute atomic E-state index is 0.116. The number of carbonyl (C=O) groups excluding carboxylic acids is 1. The number of amides is 1. The molecule has 128 valence electrons. The summed E-state index contributed by atoms with van der Waals surface area (Å²) < 4.78 is 10.7. The van der Waals surface area contributed by atoms with Crippen LogP contribution < -0.4 is 0 Å². The van der Waals surface area contributed by atoms with E-state index in [-0.39, 0.29) is 17.7 Å². The lowest BCUT2D eigenvalue weighted by Gasteiger charge is -2.34. The molecule has 2 aliphatic rings. The fourth-order valence-corrected chi connectivity index (χ4v) is 3.60. The van der Waals surface area contributed by atoms with E-state index < -0.39 is 0 Å². The SMILES string of the molecule is Cc1noc(C)c1CN1CCN(C(=O)[C@@H]2C[C@@H]2c2ccco2)CC1. The van der Waals surface area contributed by atoms with E-state index in [1.54, 1.807) is 6.26 Å². The minimum Gasteiger partial charge on any atom is -0.469 e. The lowest BCUT2D eigenvalue weighted by atomic mass is 10.1. The Balaban J connectivity index is 1.30. The first kappa shape index (κ1) is 15.4. The van der Waals surface area contributed by atoms with Crippen molar-refractivity contribution in [2.24, 2.45) is 5.92 Å². The Labute approximate surface area is 141 Å². The molecule has 24 heavy (non-hydrogen) atoms. The van der Waals surface area contributed by atoms with Crippen LogP contribution in [0.25, 0.3) is 0 Å². The molecule has 0 unspecified atom stereocenters. The molecule has 1 amide bonds. The Kier molecular flexibility index (Phi) is 3.92. The molecule has 1 saturated carbocycles. The number of aromatic nitrogens is 1. The van der Waals surface area contributed by atoms with Gasteiger partial charge in [-0.1, -0.05) is 5.16 Å². The van der Waals surface area contributed by atoms with Gasteiger partial charge in [-0.05, 0) is 32.4 Å². The summed E-state index contributed by atoms with van der Waals surface area (Å²) in [6, 6.07) is 3.86. The first-order chi connectivity index (χ1) is 11.6. The van der Waals surface area contributed by atoms with Gasteiger partial charge in [0, 0.05) is 50.1 Å². The van der Waals surface area contributed by atoms with Crippen LogP contribution in [0.3, 0.4) is 0 Å². The van der Waals surface area contributed by atoms with Crippen molar-refractivity contribution in [3.05, 3.63) is 41.2 Å². The standard InChI is InChI=1S/C18H23N3O3/c1-12-16(13(2)24-19-12)11-20-5-7-21(8-6-20)18(22)15-10-14(15)17-4-3-9-23-17/h3-4,9,14-15H,5-8,10-11H2,1-2H3/t14-,15+/m0/s1. The lowest BCUT2D eigenvalue weighted by molar-refractivity contribution is -0.134. The van der Waals surface area contributed by atoms with Crippen molar-refractivity contribution < 1.29 is 13.7 Å². The topological polar surface area (TPSA) is 62.7 Å². The molecule has 0 N–H and O–H groups in total. The second kappa shape index (κ2) is 6.09. The van der Waals surface area contributed by atoms with Crippen molar-refractivity contribution in [3.8, 4) is 0 Å². The highest BCUT2D eigenvalue weighted by atomic mass is 16.5. The van der Waals surface area contributed by atoms with E-state index in [2.05, 4.69) is 10.1 Å². The van der Waals surface area contributed by atoms with Gasteiger partial charge in [-0.2, -0.15) is 0 Å². The average molecular weight is 329 g/mol. The number of hydrogen-bond donors (Lipinski definition) is 0. The lowest BCUT2D eigenvalue weighted by Crippen LogP contribution is -2.48. The molecule has 2 aromatic rings. The predicted molar refractivity (Wildman–Crippen MR) is 87.4 cm³/mol. The summed E-state index contributed by atoms with van der Waals surface area (Å²) in [6.07, 6.45) is 2.61. The van der Waals surface area contributed by atoms with E-state index >= 15 is 0 Å². The second-order valence-electron chi connectivity index (χ2n) is 6.87. The number of aryl methyl sites for hydroxylation is 2. The molecule has 6 heteroatoms. The van der Waals surface area contributed by atoms with E-state index in [0.29, 0.717) is 0 Å². The highest BCUT2D eigenvalue weighted by molar-refractivity contribution is 5.83. The van der Waals surface area contributed by atoms with E-state index in [0.717, 1.165) is 56.4 Å². The highest BCUT2D eigenvalue weighted by Gasteiger charge is 2.47. The Morgan fingerprint density at radius 1 is 1.29 bits per heavy atom. The first-order valence-corrected chi connectivity index (χ1v) is 8.60. The Morgan fingerprint density at radius 3 is 2.71 bits per heavy atom. The molecule has 2 atom stereocenters. The van der Waals surface area contributed by atoms with Crippen LogP contribution in [-0.4, -0.2) is 47.0 Å². The van der Waals surface area contributed by atoms with E-state index in [4.69, 9.17) is 8.94 Å². The molecule has 2 fully saturated rings. The van der Waals surface area contributed by atoms with Gasteiger partial charge in [-0.15, -0.1) is 0 Å². The van der Waals surface area contributed by atoms with Crippen LogP contribution in [-0.2, 0) is 11.3 Å². The van der Waals surface area contributed by atoms with Gasteiger partial charge in [0.05, 0.1) is 12.0 Å². The smallest absolute Gasteiger partial charge is 0.226 e. The van der Waals surface area contributed by atoms with Crippen LogP contribution in [0.5, 0.6) is 0 Å². The largest absolute Gasteiger partial charge is 0.469 e. The maximum Gasteiger partial charge on any atom is 0.226 e. The van der Waals surface area contributed by atoms with Crippen molar-refractivity contribution in [2.45, 2.75) is 32.7 Å². The summed E-state index contributed by atoms with van der Waals surface area (Å²) >= 11 is 0. The zero-order valence-corrected chi connectivity index (χ0v) is 14.2. The van der Waals surface area contributed by atoms with Crippen molar-refractivity contribution >= 4 is 5.91 Å². The van der Waals surface area contributed by atoms with Crippen molar-refractivity contribution in [1.29, 1.82) is 0 Å². The molecule has 0 aromatic carbocycles. The third kappa shape index (κ3) is 2.86. The molecule has 1 aliphatic heterocycles. The molecule has 3 heterocycles. The van der Waals surface area contributed by atoms with Crippen LogP contribution >= 0.6 is 0 Å². The predicted octanol–water partition coefficient (Wildman–Crippen LogP) is 2.33. The summed E-state index contributed by atoms with van der Waals surface area (Å²) in [4.78, 5) is 17.0. The average Bonchev–Trinajstić information content (AvgIpc) is 3.08. The van der Waals surface area contributed by atoms with Gasteiger partial charge in [-0.25, -0.2) is 0 Å². The van der Waals surface area contributed by atoms with Crippen LogP contribution in [0.15, 0.2) is 27.3 Å². The van der Waals surface area contributed by atoms with E-state index in [1.165, 1.54) is 5.56 Å². The first-order valence-electron chi connectivity index (χ1n) is 8.60. The zero-order valence-electron chi connectivity index (χ0n) is 14.2. The van der Waals surface area contributed by atoms with Crippen molar-refractivity contribution in [2.75, 3.05) is 26.2 Å². The molecule has 0 bridgehead atoms. The summed E-state index contributed by atoms with van der Waals surface area (Å²) in [6.45, 7) is 8.17. The molecule has 4 rings (SSSR count). The summed E-state index contributed by atoms with van der Waals surface area (Å²) in [5.41, 5.74) is 2.14. The maximum atomic E-state index is 12.6. The number of piperazine rings is 1. The van der Waals surface area contributed by atoms with Crippen LogP contribution in [0, 0.1) is 19.8 Å². The number of furan rings is 1. The number of rotatable bonds is 4. The Bertz CT molecular complexity index is 694. The van der Waals surface area contributed by atoms with Crippen LogP contribution in [0.1, 0.15) is 35.1 Å². The third-order valence-corrected chi connectivity index (χ3v) is 5.26. The van der Waals surface area contributed by atoms with E-state index in [9.17, 15) is 4.79 Å². The quantitative estimate of drug-likeness (QED) is 0.861. The van der Waals surface area contributed by atoms with Gasteiger partial charge >= 0.3 is 0 Å². The van der Waals surface area contributed by atoms with Gasteiger partial charge in [-0.3, -0.25) is 9.69 Å². The number of hydrogen-bond acceptors (Lipinski definition) is 5. The highest BCUT2D eigenvalue weighted by Crippen LogP contribution is 2.48. The fourth-order valence-electron chi connectivity index (χ4n) is 3.60. The fraction of sp³-hybridized carbons (Fsp3) is 0.556. The molecule has 0 spiro atoms. The molecular formula is C18H23N3O3. The van der Waals surface area contributed by atoms with Gasteiger partial charge in [0.1, 0.15) is 11.5 Å².